The van der Waals surface area contributed by atoms with Crippen LogP contribution in [0.15, 0.2) is 0 Å². The molecule has 18 heavy (non-hydrogen) atoms. The summed E-state index contributed by atoms with van der Waals surface area (Å²) in [5.74, 6) is 0.921. The summed E-state index contributed by atoms with van der Waals surface area (Å²) in [6.45, 7) is 9.07. The molecule has 0 radical (unpaired) electrons. The van der Waals surface area contributed by atoms with Gasteiger partial charge in [0.05, 0.1) is 12.7 Å². The van der Waals surface area contributed by atoms with Crippen LogP contribution in [0.1, 0.15) is 52.9 Å². The summed E-state index contributed by atoms with van der Waals surface area (Å²) in [6.07, 6.45) is 6.82. The van der Waals surface area contributed by atoms with Gasteiger partial charge >= 0.3 is 0 Å². The van der Waals surface area contributed by atoms with E-state index in [1.54, 1.807) is 0 Å². The van der Waals surface area contributed by atoms with E-state index in [-0.39, 0.29) is 5.54 Å². The second-order valence-corrected chi connectivity index (χ2v) is 6.12. The van der Waals surface area contributed by atoms with Crippen molar-refractivity contribution in [3.8, 4) is 0 Å². The number of nitrogens with two attached hydrogens (primary N) is 1. The molecule has 0 aromatic carbocycles. The van der Waals surface area contributed by atoms with Gasteiger partial charge in [-0.25, -0.2) is 0 Å². The lowest BCUT2D eigenvalue weighted by atomic mass is 9.75. The number of likely N-dealkylation sites (N-methyl/N-ethyl adjacent to an activating group) is 1. The van der Waals surface area contributed by atoms with E-state index in [1.165, 1.54) is 32.1 Å². The van der Waals surface area contributed by atoms with E-state index < -0.39 is 0 Å². The molecule has 0 bridgehead atoms. The molecule has 1 aliphatic carbocycles. The van der Waals surface area contributed by atoms with Crippen molar-refractivity contribution in [2.75, 3.05) is 26.7 Å². The van der Waals surface area contributed by atoms with E-state index in [0.717, 1.165) is 25.6 Å². The summed E-state index contributed by atoms with van der Waals surface area (Å²) in [5.41, 5.74) is 6.30. The Morgan fingerprint density at radius 2 is 1.94 bits per heavy atom. The number of rotatable bonds is 7. The minimum absolute atomic E-state index is 0.228. The van der Waals surface area contributed by atoms with Crippen LogP contribution in [-0.4, -0.2) is 43.3 Å². The van der Waals surface area contributed by atoms with Crippen LogP contribution in [0.4, 0.5) is 0 Å². The van der Waals surface area contributed by atoms with Gasteiger partial charge in [-0.1, -0.05) is 13.3 Å². The van der Waals surface area contributed by atoms with E-state index in [9.17, 15) is 0 Å². The van der Waals surface area contributed by atoms with Crippen LogP contribution in [0.3, 0.4) is 0 Å². The lowest BCUT2D eigenvalue weighted by Crippen LogP contribution is -2.55. The van der Waals surface area contributed by atoms with Crippen LogP contribution >= 0.6 is 0 Å². The Kier molecular flexibility index (Phi) is 6.61. The van der Waals surface area contributed by atoms with Crippen LogP contribution < -0.4 is 5.73 Å². The van der Waals surface area contributed by atoms with Gasteiger partial charge in [-0.05, 0) is 52.5 Å². The van der Waals surface area contributed by atoms with Gasteiger partial charge in [-0.3, -0.25) is 4.90 Å². The van der Waals surface area contributed by atoms with Crippen LogP contribution in [0.5, 0.6) is 0 Å². The Bertz CT molecular complexity index is 223. The lowest BCUT2D eigenvalue weighted by Gasteiger charge is -2.46. The van der Waals surface area contributed by atoms with Crippen LogP contribution in [0.2, 0.25) is 0 Å². The second kappa shape index (κ2) is 7.46. The molecule has 0 heterocycles. The van der Waals surface area contributed by atoms with Gasteiger partial charge in [0.15, 0.2) is 0 Å². The summed E-state index contributed by atoms with van der Waals surface area (Å²) >= 11 is 0. The van der Waals surface area contributed by atoms with Crippen molar-refractivity contribution >= 4 is 0 Å². The summed E-state index contributed by atoms with van der Waals surface area (Å²) in [7, 11) is 2.21. The molecule has 0 saturated heterocycles. The molecular formula is C15H32N2O. The predicted molar refractivity (Wildman–Crippen MR) is 77.8 cm³/mol. The Hall–Kier alpha value is -0.120. The minimum Gasteiger partial charge on any atom is -0.377 e. The fourth-order valence-corrected chi connectivity index (χ4v) is 3.03. The van der Waals surface area contributed by atoms with Gasteiger partial charge in [0.2, 0.25) is 0 Å². The molecule has 0 aromatic heterocycles. The first-order valence-electron chi connectivity index (χ1n) is 7.57. The summed E-state index contributed by atoms with van der Waals surface area (Å²) in [6, 6.07) is 0. The normalized spacial score (nSPS) is 29.2. The molecule has 0 amide bonds. The molecule has 0 aliphatic heterocycles. The molecule has 1 rings (SSSR count). The summed E-state index contributed by atoms with van der Waals surface area (Å²) in [5, 5.41) is 0. The molecule has 1 aliphatic rings. The van der Waals surface area contributed by atoms with Crippen molar-refractivity contribution in [2.45, 2.75) is 64.5 Å². The lowest BCUT2D eigenvalue weighted by molar-refractivity contribution is 0.0150. The Morgan fingerprint density at radius 1 is 1.33 bits per heavy atom. The fourth-order valence-electron chi connectivity index (χ4n) is 3.03. The highest BCUT2D eigenvalue weighted by Crippen LogP contribution is 2.36. The van der Waals surface area contributed by atoms with Crippen molar-refractivity contribution in [3.63, 3.8) is 0 Å². The third-order valence-corrected chi connectivity index (χ3v) is 4.68. The molecule has 3 nitrogen and oxygen atoms in total. The average Bonchev–Trinajstić information content (AvgIpc) is 2.38. The molecule has 3 heteroatoms. The maximum Gasteiger partial charge on any atom is 0.0597 e. The highest BCUT2D eigenvalue weighted by atomic mass is 16.5. The zero-order valence-electron chi connectivity index (χ0n) is 12.7. The Balaban J connectivity index is 2.44. The van der Waals surface area contributed by atoms with Crippen molar-refractivity contribution in [2.24, 2.45) is 11.7 Å². The molecule has 1 saturated carbocycles. The van der Waals surface area contributed by atoms with E-state index >= 15 is 0 Å². The third-order valence-electron chi connectivity index (χ3n) is 4.68. The summed E-state index contributed by atoms with van der Waals surface area (Å²) in [4.78, 5) is 2.45. The van der Waals surface area contributed by atoms with Crippen LogP contribution in [-0.2, 0) is 4.74 Å². The fraction of sp³-hybridized carbons (Fsp3) is 1.00. The first-order chi connectivity index (χ1) is 8.54. The van der Waals surface area contributed by atoms with E-state index in [4.69, 9.17) is 10.5 Å². The smallest absolute Gasteiger partial charge is 0.0597 e. The quantitative estimate of drug-likeness (QED) is 0.761. The topological polar surface area (TPSA) is 38.5 Å². The monoisotopic (exact) mass is 256 g/mol. The van der Waals surface area contributed by atoms with Crippen molar-refractivity contribution in [3.05, 3.63) is 0 Å². The first-order valence-corrected chi connectivity index (χ1v) is 7.57. The molecular weight excluding hydrogens is 224 g/mol. The SMILES string of the molecule is CCC1CCC(CN)(N(C)CCOC(C)C)CC1. The number of ether oxygens (including phenoxy) is 1. The number of nitrogens with zero attached hydrogens (tertiary/aromatic N) is 1. The maximum absolute atomic E-state index is 6.08. The van der Waals surface area contributed by atoms with Gasteiger partial charge in [0.25, 0.3) is 0 Å². The third kappa shape index (κ3) is 4.22. The van der Waals surface area contributed by atoms with E-state index in [1.807, 2.05) is 0 Å². The highest BCUT2D eigenvalue weighted by Gasteiger charge is 2.36. The average molecular weight is 256 g/mol. The van der Waals surface area contributed by atoms with Gasteiger partial charge in [-0.2, -0.15) is 0 Å². The molecule has 108 valence electrons. The molecule has 1 fully saturated rings. The standard InChI is InChI=1S/C15H32N2O/c1-5-14-6-8-15(12-16,9-7-14)17(4)10-11-18-13(2)3/h13-14H,5-12,16H2,1-4H3. The maximum atomic E-state index is 6.08. The van der Waals surface area contributed by atoms with E-state index in [0.29, 0.717) is 6.10 Å². The largest absolute Gasteiger partial charge is 0.377 e. The van der Waals surface area contributed by atoms with Crippen molar-refractivity contribution < 1.29 is 4.74 Å². The molecule has 0 spiro atoms. The van der Waals surface area contributed by atoms with Gasteiger partial charge < -0.3 is 10.5 Å². The Morgan fingerprint density at radius 3 is 2.39 bits per heavy atom. The van der Waals surface area contributed by atoms with E-state index in [2.05, 4.69) is 32.7 Å². The Labute approximate surface area is 113 Å². The minimum atomic E-state index is 0.228. The number of hydrogen-bond donors (Lipinski definition) is 1. The number of hydrogen-bond acceptors (Lipinski definition) is 3. The van der Waals surface area contributed by atoms with Gasteiger partial charge in [0, 0.05) is 18.6 Å². The zero-order valence-corrected chi connectivity index (χ0v) is 12.7. The first kappa shape index (κ1) is 15.9. The molecule has 0 unspecified atom stereocenters. The van der Waals surface area contributed by atoms with Gasteiger partial charge in [-0.15, -0.1) is 0 Å². The highest BCUT2D eigenvalue weighted by molar-refractivity contribution is 4.94. The summed E-state index contributed by atoms with van der Waals surface area (Å²) < 4.78 is 5.65. The predicted octanol–water partition coefficient (Wildman–Crippen LogP) is 2.64. The molecule has 2 N–H and O–H groups in total. The van der Waals surface area contributed by atoms with Crippen molar-refractivity contribution in [1.29, 1.82) is 0 Å². The van der Waals surface area contributed by atoms with Gasteiger partial charge in [0.1, 0.15) is 0 Å². The van der Waals surface area contributed by atoms with Crippen LogP contribution in [0.25, 0.3) is 0 Å². The molecule has 0 aromatic rings. The second-order valence-electron chi connectivity index (χ2n) is 6.12. The zero-order chi connectivity index (χ0) is 13.6. The molecule has 0 atom stereocenters. The van der Waals surface area contributed by atoms with Crippen molar-refractivity contribution in [1.82, 2.24) is 4.90 Å². The van der Waals surface area contributed by atoms with Crippen LogP contribution in [0, 0.1) is 5.92 Å².